The first-order valence-corrected chi connectivity index (χ1v) is 21.4. The van der Waals surface area contributed by atoms with Gasteiger partial charge in [0.2, 0.25) is 0 Å². The van der Waals surface area contributed by atoms with Crippen molar-refractivity contribution >= 4 is 11.9 Å². The Balaban J connectivity index is 1.37. The van der Waals surface area contributed by atoms with Crippen LogP contribution in [0.5, 0.6) is 11.5 Å². The molecule has 0 radical (unpaired) electrons. The molecule has 0 bridgehead atoms. The van der Waals surface area contributed by atoms with E-state index in [0.717, 1.165) is 55.6 Å². The van der Waals surface area contributed by atoms with Crippen molar-refractivity contribution in [3.8, 4) is 22.6 Å². The molecule has 0 aliphatic rings. The number of unbranched alkanes of at least 4 members (excludes halogenated alkanes) is 14. The van der Waals surface area contributed by atoms with Gasteiger partial charge >= 0.3 is 11.9 Å². The molecule has 3 aromatic carbocycles. The van der Waals surface area contributed by atoms with Gasteiger partial charge in [0.1, 0.15) is 18.1 Å². The summed E-state index contributed by atoms with van der Waals surface area (Å²) in [4.78, 5) is 25.7. The maximum absolute atomic E-state index is 12.9. The van der Waals surface area contributed by atoms with Crippen LogP contribution in [0.2, 0.25) is 0 Å². The highest BCUT2D eigenvalue weighted by Crippen LogP contribution is 2.24. The van der Waals surface area contributed by atoms with Crippen molar-refractivity contribution in [2.75, 3.05) is 13.2 Å². The van der Waals surface area contributed by atoms with Crippen LogP contribution < -0.4 is 9.47 Å². The molecule has 0 saturated carbocycles. The number of carbonyl (C=O) groups is 2. The molecule has 3 rings (SSSR count). The average molecular weight is 743 g/mol. The minimum absolute atomic E-state index is 0.130. The number of rotatable bonds is 30. The van der Waals surface area contributed by atoms with E-state index in [0.29, 0.717) is 16.9 Å². The van der Waals surface area contributed by atoms with Crippen LogP contribution in [-0.2, 0) is 9.47 Å². The fraction of sp³-hybridized carbons (Fsp3) is 0.583. The normalized spacial score (nSPS) is 12.3. The first-order chi connectivity index (χ1) is 26.5. The molecule has 2 atom stereocenters. The fourth-order valence-electron chi connectivity index (χ4n) is 6.68. The predicted molar refractivity (Wildman–Crippen MR) is 223 cm³/mol. The summed E-state index contributed by atoms with van der Waals surface area (Å²) < 4.78 is 23.6. The highest BCUT2D eigenvalue weighted by Gasteiger charge is 2.18. The molecular formula is C48H70O6. The van der Waals surface area contributed by atoms with E-state index in [9.17, 15) is 9.59 Å². The zero-order valence-electron chi connectivity index (χ0n) is 34.1. The number of hydrogen-bond acceptors (Lipinski definition) is 6. The Labute approximate surface area is 327 Å². The first kappa shape index (κ1) is 44.8. The van der Waals surface area contributed by atoms with Gasteiger partial charge in [0.25, 0.3) is 0 Å². The van der Waals surface area contributed by atoms with Gasteiger partial charge in [-0.25, -0.2) is 9.59 Å². The van der Waals surface area contributed by atoms with E-state index in [-0.39, 0.29) is 18.8 Å². The monoisotopic (exact) mass is 743 g/mol. The Morgan fingerprint density at radius 1 is 0.481 bits per heavy atom. The van der Waals surface area contributed by atoms with E-state index in [4.69, 9.17) is 18.9 Å². The quantitative estimate of drug-likeness (QED) is 0.0385. The number of benzene rings is 3. The number of ether oxygens (including phenoxy) is 4. The van der Waals surface area contributed by atoms with Gasteiger partial charge in [0, 0.05) is 0 Å². The average Bonchev–Trinajstić information content (AvgIpc) is 3.20. The molecule has 0 aromatic heterocycles. The highest BCUT2D eigenvalue weighted by molar-refractivity contribution is 5.92. The maximum atomic E-state index is 12.9. The highest BCUT2D eigenvalue weighted by atomic mass is 16.6. The minimum Gasteiger partial charge on any atom is -0.494 e. The zero-order chi connectivity index (χ0) is 38.6. The summed E-state index contributed by atoms with van der Waals surface area (Å²) in [5.41, 5.74) is 2.91. The molecule has 1 unspecified atom stereocenters. The second-order valence-corrected chi connectivity index (χ2v) is 14.8. The minimum atomic E-state index is -0.460. The maximum Gasteiger partial charge on any atom is 0.343 e. The SMILES string of the molecule is CCCCCCCCCCCCOc1ccc(-c2ccc(C(=O)Oc3ccc(C(=O)OC[C@H](CC)OC(CCC)CCCCCCCC)cc3)cc2)cc1. The van der Waals surface area contributed by atoms with Crippen LogP contribution in [0.1, 0.15) is 177 Å². The smallest absolute Gasteiger partial charge is 0.343 e. The van der Waals surface area contributed by atoms with Crippen LogP contribution in [0.3, 0.4) is 0 Å². The summed E-state index contributed by atoms with van der Waals surface area (Å²) in [5.74, 6) is 0.365. The van der Waals surface area contributed by atoms with E-state index < -0.39 is 11.9 Å². The Morgan fingerprint density at radius 3 is 1.52 bits per heavy atom. The van der Waals surface area contributed by atoms with Crippen molar-refractivity contribution in [1.29, 1.82) is 0 Å². The van der Waals surface area contributed by atoms with Gasteiger partial charge in [-0.3, -0.25) is 0 Å². The number of esters is 2. The third kappa shape index (κ3) is 18.1. The van der Waals surface area contributed by atoms with E-state index in [1.807, 2.05) is 36.4 Å². The molecule has 0 N–H and O–H groups in total. The van der Waals surface area contributed by atoms with Crippen molar-refractivity contribution in [2.45, 2.75) is 168 Å². The van der Waals surface area contributed by atoms with Gasteiger partial charge in [0.15, 0.2) is 0 Å². The van der Waals surface area contributed by atoms with Crippen molar-refractivity contribution in [1.82, 2.24) is 0 Å². The topological polar surface area (TPSA) is 71.1 Å². The molecule has 6 nitrogen and oxygen atoms in total. The van der Waals surface area contributed by atoms with E-state index in [1.54, 1.807) is 36.4 Å². The van der Waals surface area contributed by atoms with Gasteiger partial charge in [-0.1, -0.05) is 155 Å². The molecular weight excluding hydrogens is 673 g/mol. The molecule has 0 aliphatic heterocycles. The lowest BCUT2D eigenvalue weighted by Crippen LogP contribution is -2.27. The molecule has 3 aromatic rings. The molecule has 0 amide bonds. The van der Waals surface area contributed by atoms with Crippen LogP contribution >= 0.6 is 0 Å². The summed E-state index contributed by atoms with van der Waals surface area (Å²) in [6, 6.07) is 22.0. The summed E-state index contributed by atoms with van der Waals surface area (Å²) in [7, 11) is 0. The van der Waals surface area contributed by atoms with Gasteiger partial charge in [-0.15, -0.1) is 0 Å². The second-order valence-electron chi connectivity index (χ2n) is 14.8. The number of hydrogen-bond donors (Lipinski definition) is 0. The Bertz CT molecular complexity index is 1400. The van der Waals surface area contributed by atoms with Crippen LogP contribution in [-0.4, -0.2) is 37.4 Å². The second kappa shape index (κ2) is 27.9. The van der Waals surface area contributed by atoms with Crippen molar-refractivity contribution in [3.05, 3.63) is 83.9 Å². The zero-order valence-corrected chi connectivity index (χ0v) is 34.1. The van der Waals surface area contributed by atoms with Crippen LogP contribution in [0.15, 0.2) is 72.8 Å². The van der Waals surface area contributed by atoms with Gasteiger partial charge in [-0.2, -0.15) is 0 Å². The standard InChI is InChI=1S/C48H70O6/c1-5-9-11-13-15-16-17-18-20-22-37-51-44-33-29-40(30-34-44)39-25-27-42(28-26-39)48(50)54-46-35-31-41(32-36-46)47(49)52-38-43(8-4)53-45(23-7-3)24-21-19-14-12-10-6-2/h25-36,43,45H,5-24,37-38H2,1-4H3/t43-,45?/m0/s1. The predicted octanol–water partition coefficient (Wildman–Crippen LogP) is 13.7. The Morgan fingerprint density at radius 2 is 0.963 bits per heavy atom. The molecule has 54 heavy (non-hydrogen) atoms. The Hall–Kier alpha value is -3.64. The lowest BCUT2D eigenvalue weighted by atomic mass is 10.0. The van der Waals surface area contributed by atoms with E-state index >= 15 is 0 Å². The first-order valence-electron chi connectivity index (χ1n) is 21.4. The summed E-state index contributed by atoms with van der Waals surface area (Å²) in [5, 5.41) is 0. The third-order valence-electron chi connectivity index (χ3n) is 10.1. The molecule has 0 heterocycles. The lowest BCUT2D eigenvalue weighted by molar-refractivity contribution is -0.0548. The van der Waals surface area contributed by atoms with Gasteiger partial charge in [0.05, 0.1) is 29.9 Å². The summed E-state index contributed by atoms with van der Waals surface area (Å²) in [6.07, 6.45) is 24.7. The van der Waals surface area contributed by atoms with Gasteiger partial charge in [-0.05, 0) is 85.3 Å². The Kier molecular flexibility index (Phi) is 23.1. The van der Waals surface area contributed by atoms with Crippen molar-refractivity contribution in [2.24, 2.45) is 0 Å². The molecule has 0 spiro atoms. The third-order valence-corrected chi connectivity index (χ3v) is 10.1. The summed E-state index contributed by atoms with van der Waals surface area (Å²) >= 11 is 0. The molecule has 6 heteroatoms. The lowest BCUT2D eigenvalue weighted by Gasteiger charge is -2.24. The van der Waals surface area contributed by atoms with E-state index in [1.165, 1.54) is 96.3 Å². The van der Waals surface area contributed by atoms with Crippen molar-refractivity contribution in [3.63, 3.8) is 0 Å². The van der Waals surface area contributed by atoms with Crippen LogP contribution in [0.25, 0.3) is 11.1 Å². The molecule has 298 valence electrons. The number of carbonyl (C=O) groups excluding carboxylic acids is 2. The van der Waals surface area contributed by atoms with Gasteiger partial charge < -0.3 is 18.9 Å². The molecule has 0 fully saturated rings. The summed E-state index contributed by atoms with van der Waals surface area (Å²) in [6.45, 7) is 9.72. The van der Waals surface area contributed by atoms with E-state index in [2.05, 4.69) is 27.7 Å². The fourth-order valence-corrected chi connectivity index (χ4v) is 6.68. The largest absolute Gasteiger partial charge is 0.494 e. The molecule has 0 saturated heterocycles. The molecule has 0 aliphatic carbocycles. The van der Waals surface area contributed by atoms with Crippen molar-refractivity contribution < 1.29 is 28.5 Å². The van der Waals surface area contributed by atoms with Crippen LogP contribution in [0, 0.1) is 0 Å². The van der Waals surface area contributed by atoms with Crippen LogP contribution in [0.4, 0.5) is 0 Å².